The van der Waals surface area contributed by atoms with Crippen molar-refractivity contribution in [3.8, 4) is 45.6 Å². The van der Waals surface area contributed by atoms with Crippen molar-refractivity contribution in [1.29, 1.82) is 0 Å². The summed E-state index contributed by atoms with van der Waals surface area (Å²) in [6.07, 6.45) is 0. The molecule has 0 unspecified atom stereocenters. The van der Waals surface area contributed by atoms with Gasteiger partial charge in [0.1, 0.15) is 22.7 Å². The number of phenolic OH excluding ortho intramolecular Hbond substituents is 6. The first-order chi connectivity index (χ1) is 20.6. The number of rotatable bonds is 6. The minimum Gasteiger partial charge on any atom is -0.507 e. The van der Waals surface area contributed by atoms with Crippen molar-refractivity contribution in [2.45, 2.75) is 20.8 Å². The number of carbonyl (C=O) groups excluding carboxylic acids is 4. The number of carbonyl (C=O) groups is 4. The predicted octanol–water partition coefficient (Wildman–Crippen LogP) is 4.69. The number of benzene rings is 4. The second kappa shape index (κ2) is 10.3. The van der Waals surface area contributed by atoms with E-state index in [4.69, 9.17) is 4.42 Å². The molecule has 0 spiro atoms. The largest absolute Gasteiger partial charge is 0.507 e. The predicted molar refractivity (Wildman–Crippen MR) is 155 cm³/mol. The van der Waals surface area contributed by atoms with Crippen molar-refractivity contribution < 1.29 is 54.2 Å². The Bertz CT molecular complexity index is 2200. The quantitative estimate of drug-likeness (QED) is 0.0679. The Kier molecular flexibility index (Phi) is 6.85. The van der Waals surface area contributed by atoms with Gasteiger partial charge in [0.05, 0.1) is 33.0 Å². The van der Waals surface area contributed by atoms with Gasteiger partial charge < -0.3 is 35.1 Å². The Morgan fingerprint density at radius 2 is 1.14 bits per heavy atom. The molecule has 0 bridgehead atoms. The molecule has 0 amide bonds. The van der Waals surface area contributed by atoms with E-state index in [2.05, 4.69) is 0 Å². The van der Waals surface area contributed by atoms with Crippen molar-refractivity contribution in [2.75, 3.05) is 0 Å². The first kappa shape index (κ1) is 29.3. The van der Waals surface area contributed by atoms with Crippen LogP contribution in [0.2, 0.25) is 0 Å². The van der Waals surface area contributed by atoms with Gasteiger partial charge in [-0.2, -0.15) is 0 Å². The third kappa shape index (κ3) is 4.54. The Morgan fingerprint density at radius 3 is 1.75 bits per heavy atom. The number of fused-ring (bicyclic) bond motifs is 2. The second-order valence-corrected chi connectivity index (χ2v) is 10.1. The van der Waals surface area contributed by atoms with E-state index in [9.17, 15) is 54.6 Å². The molecule has 12 heteroatoms. The van der Waals surface area contributed by atoms with Crippen LogP contribution >= 0.6 is 0 Å². The zero-order valence-corrected chi connectivity index (χ0v) is 23.2. The van der Waals surface area contributed by atoms with Gasteiger partial charge in [0.25, 0.3) is 0 Å². The summed E-state index contributed by atoms with van der Waals surface area (Å²) >= 11 is 0. The monoisotopic (exact) mass is 598 g/mol. The molecule has 1 aromatic heterocycles. The van der Waals surface area contributed by atoms with Crippen LogP contribution in [0, 0.1) is 0 Å². The first-order valence-corrected chi connectivity index (χ1v) is 12.8. The van der Waals surface area contributed by atoms with Gasteiger partial charge in [-0.15, -0.1) is 0 Å². The van der Waals surface area contributed by atoms with Crippen LogP contribution < -0.4 is 5.43 Å². The third-order valence-electron chi connectivity index (χ3n) is 7.15. The smallest absolute Gasteiger partial charge is 0.200 e. The standard InChI is InChI=1S/C32H22O12/c1-11(33)15-6-20-31(43)18-8-23(38)25(40)10-26(18)44-32(20)27(13(3)35)28(15)14-4-16(12(2)34)29(41)19(5-14)30(42)17-7-22(37)24(39)9-21(17)36/h4-10,36-41H,1-3H3. The van der Waals surface area contributed by atoms with E-state index < -0.39 is 79.7 Å². The SMILES string of the molecule is CC(=O)c1cc(-c2c(C(C)=O)cc3c(=O)c4cc(O)c(O)cc4oc3c2C(C)=O)cc(C(=O)c2cc(O)c(O)cc2O)c1O. The zero-order chi connectivity index (χ0) is 32.4. The van der Waals surface area contributed by atoms with Gasteiger partial charge in [-0.1, -0.05) is 0 Å². The summed E-state index contributed by atoms with van der Waals surface area (Å²) in [4.78, 5) is 65.8. The molecular formula is C32H22O12. The highest BCUT2D eigenvalue weighted by molar-refractivity contribution is 6.19. The first-order valence-electron chi connectivity index (χ1n) is 12.8. The topological polar surface area (TPSA) is 220 Å². The average molecular weight is 599 g/mol. The summed E-state index contributed by atoms with van der Waals surface area (Å²) in [6, 6.07) is 6.72. The average Bonchev–Trinajstić information content (AvgIpc) is 2.94. The second-order valence-electron chi connectivity index (χ2n) is 10.1. The fourth-order valence-electron chi connectivity index (χ4n) is 5.04. The van der Waals surface area contributed by atoms with Crippen molar-refractivity contribution in [1.82, 2.24) is 0 Å². The summed E-state index contributed by atoms with van der Waals surface area (Å²) in [5, 5.41) is 60.4. The lowest BCUT2D eigenvalue weighted by atomic mass is 9.85. The summed E-state index contributed by atoms with van der Waals surface area (Å²) in [5.74, 6) is -7.43. The number of Topliss-reactive ketones (excluding diaryl/α,β-unsaturated/α-hetero) is 3. The molecule has 1 heterocycles. The number of hydrogen-bond donors (Lipinski definition) is 6. The molecule has 44 heavy (non-hydrogen) atoms. The lowest BCUT2D eigenvalue weighted by molar-refractivity contribution is 0.0999. The van der Waals surface area contributed by atoms with Crippen LogP contribution in [-0.4, -0.2) is 53.8 Å². The number of phenols is 6. The van der Waals surface area contributed by atoms with Crippen LogP contribution in [0.3, 0.4) is 0 Å². The molecule has 0 aliphatic rings. The Labute approximate surface area is 246 Å². The molecule has 0 aliphatic heterocycles. The van der Waals surface area contributed by atoms with Gasteiger partial charge in [-0.3, -0.25) is 24.0 Å². The molecule has 0 atom stereocenters. The van der Waals surface area contributed by atoms with Crippen LogP contribution in [0.4, 0.5) is 0 Å². The van der Waals surface area contributed by atoms with Gasteiger partial charge in [0, 0.05) is 23.3 Å². The Morgan fingerprint density at radius 1 is 0.568 bits per heavy atom. The van der Waals surface area contributed by atoms with Crippen LogP contribution in [0.5, 0.6) is 34.5 Å². The maximum Gasteiger partial charge on any atom is 0.200 e. The molecule has 222 valence electrons. The summed E-state index contributed by atoms with van der Waals surface area (Å²) < 4.78 is 5.87. The van der Waals surface area contributed by atoms with Crippen molar-refractivity contribution in [3.05, 3.63) is 80.5 Å². The molecule has 12 nitrogen and oxygen atoms in total. The van der Waals surface area contributed by atoms with Gasteiger partial charge >= 0.3 is 0 Å². The van der Waals surface area contributed by atoms with E-state index >= 15 is 0 Å². The fraction of sp³-hybridized carbons (Fsp3) is 0.0938. The number of hydrogen-bond acceptors (Lipinski definition) is 12. The summed E-state index contributed by atoms with van der Waals surface area (Å²) in [7, 11) is 0. The normalized spacial score (nSPS) is 11.2. The van der Waals surface area contributed by atoms with Gasteiger partial charge in [0.2, 0.25) is 11.2 Å². The van der Waals surface area contributed by atoms with E-state index in [0.29, 0.717) is 6.07 Å². The molecule has 4 aromatic carbocycles. The van der Waals surface area contributed by atoms with E-state index in [-0.39, 0.29) is 44.2 Å². The van der Waals surface area contributed by atoms with Crippen LogP contribution in [0.25, 0.3) is 33.1 Å². The molecule has 0 saturated heterocycles. The van der Waals surface area contributed by atoms with Gasteiger partial charge in [-0.25, -0.2) is 0 Å². The highest BCUT2D eigenvalue weighted by atomic mass is 16.3. The molecule has 0 aliphatic carbocycles. The lowest BCUT2D eigenvalue weighted by Crippen LogP contribution is -2.12. The highest BCUT2D eigenvalue weighted by Gasteiger charge is 2.29. The van der Waals surface area contributed by atoms with E-state index in [1.807, 2.05) is 0 Å². The molecule has 6 N–H and O–H groups in total. The van der Waals surface area contributed by atoms with E-state index in [0.717, 1.165) is 57.2 Å². The maximum absolute atomic E-state index is 13.5. The molecule has 5 rings (SSSR count). The minimum absolute atomic E-state index is 0.104. The molecule has 0 radical (unpaired) electrons. The van der Waals surface area contributed by atoms with Gasteiger partial charge in [-0.05, 0) is 56.7 Å². The Balaban J connectivity index is 1.94. The molecule has 0 fully saturated rings. The summed E-state index contributed by atoms with van der Waals surface area (Å²) in [6.45, 7) is 3.36. The molecular weight excluding hydrogens is 576 g/mol. The number of ketones is 4. The number of aromatic hydroxyl groups is 6. The van der Waals surface area contributed by atoms with Gasteiger partial charge in [0.15, 0.2) is 40.3 Å². The highest BCUT2D eigenvalue weighted by Crippen LogP contribution is 2.41. The van der Waals surface area contributed by atoms with Crippen LogP contribution in [-0.2, 0) is 0 Å². The van der Waals surface area contributed by atoms with E-state index in [1.54, 1.807) is 0 Å². The van der Waals surface area contributed by atoms with Crippen molar-refractivity contribution in [3.63, 3.8) is 0 Å². The Hall–Kier alpha value is -6.17. The third-order valence-corrected chi connectivity index (χ3v) is 7.15. The lowest BCUT2D eigenvalue weighted by Gasteiger charge is -2.18. The minimum atomic E-state index is -1.10. The van der Waals surface area contributed by atoms with Crippen molar-refractivity contribution in [2.24, 2.45) is 0 Å². The fourth-order valence-corrected chi connectivity index (χ4v) is 5.04. The molecule has 0 saturated carbocycles. The molecule has 5 aromatic rings. The van der Waals surface area contributed by atoms with Crippen molar-refractivity contribution >= 4 is 45.1 Å². The maximum atomic E-state index is 13.5. The van der Waals surface area contributed by atoms with Crippen LogP contribution in [0.15, 0.2) is 51.7 Å². The zero-order valence-electron chi connectivity index (χ0n) is 23.2. The van der Waals surface area contributed by atoms with Crippen LogP contribution in [0.1, 0.15) is 67.8 Å². The van der Waals surface area contributed by atoms with E-state index in [1.165, 1.54) is 0 Å². The summed E-state index contributed by atoms with van der Waals surface area (Å²) in [5.41, 5.74) is -3.52.